The van der Waals surface area contributed by atoms with Crippen LogP contribution in [0.25, 0.3) is 0 Å². The van der Waals surface area contributed by atoms with Crippen LogP contribution in [0.15, 0.2) is 29.1 Å². The van der Waals surface area contributed by atoms with E-state index >= 15 is 0 Å². The molecular weight excluding hydrogens is 268 g/mol. The molecule has 1 aliphatic carbocycles. The first-order valence-electron chi connectivity index (χ1n) is 7.38. The maximum absolute atomic E-state index is 12.0. The molecule has 0 saturated heterocycles. The standard InChI is InChI=1S/C16H20N2OS/c19-16(10-13-7-9-20-12-13)11-14-6-8-18(17-14)15-4-2-1-3-5-15/h6-9,12,15H,1-5,10-11H2. The van der Waals surface area contributed by atoms with Crippen molar-refractivity contribution < 1.29 is 4.79 Å². The Morgan fingerprint density at radius 3 is 2.85 bits per heavy atom. The first kappa shape index (κ1) is 13.6. The monoisotopic (exact) mass is 288 g/mol. The molecule has 0 spiro atoms. The molecule has 0 aromatic carbocycles. The highest BCUT2D eigenvalue weighted by Crippen LogP contribution is 2.27. The average molecular weight is 288 g/mol. The van der Waals surface area contributed by atoms with Crippen molar-refractivity contribution in [1.82, 2.24) is 9.78 Å². The van der Waals surface area contributed by atoms with E-state index in [1.165, 1.54) is 32.1 Å². The highest BCUT2D eigenvalue weighted by molar-refractivity contribution is 7.07. The molecule has 1 fully saturated rings. The Labute approximate surface area is 123 Å². The van der Waals surface area contributed by atoms with Crippen LogP contribution in [0.1, 0.15) is 49.4 Å². The van der Waals surface area contributed by atoms with Crippen LogP contribution in [0.2, 0.25) is 0 Å². The fourth-order valence-corrected chi connectivity index (χ4v) is 3.57. The van der Waals surface area contributed by atoms with Gasteiger partial charge in [-0.15, -0.1) is 0 Å². The van der Waals surface area contributed by atoms with Gasteiger partial charge >= 0.3 is 0 Å². The lowest BCUT2D eigenvalue weighted by Crippen LogP contribution is -2.14. The Hall–Kier alpha value is -1.42. The van der Waals surface area contributed by atoms with Crippen LogP contribution in [0.3, 0.4) is 0 Å². The third-order valence-electron chi connectivity index (χ3n) is 3.97. The second kappa shape index (κ2) is 6.35. The molecule has 2 heterocycles. The third-order valence-corrected chi connectivity index (χ3v) is 4.70. The molecule has 3 nitrogen and oxygen atoms in total. The molecule has 0 unspecified atom stereocenters. The molecule has 20 heavy (non-hydrogen) atoms. The maximum Gasteiger partial charge on any atom is 0.143 e. The van der Waals surface area contributed by atoms with Crippen molar-refractivity contribution in [3.63, 3.8) is 0 Å². The molecule has 2 aromatic heterocycles. The SMILES string of the molecule is O=C(Cc1ccsc1)Cc1ccn(C2CCCCC2)n1. The number of thiophene rings is 1. The van der Waals surface area contributed by atoms with Gasteiger partial charge < -0.3 is 0 Å². The van der Waals surface area contributed by atoms with Crippen LogP contribution < -0.4 is 0 Å². The van der Waals surface area contributed by atoms with Gasteiger partial charge in [-0.25, -0.2) is 0 Å². The molecule has 0 amide bonds. The normalized spacial score (nSPS) is 16.4. The predicted molar refractivity (Wildman–Crippen MR) is 81.1 cm³/mol. The van der Waals surface area contributed by atoms with Crippen LogP contribution in [0.5, 0.6) is 0 Å². The van der Waals surface area contributed by atoms with Crippen molar-refractivity contribution in [3.05, 3.63) is 40.3 Å². The van der Waals surface area contributed by atoms with Gasteiger partial charge in [0.25, 0.3) is 0 Å². The second-order valence-electron chi connectivity index (χ2n) is 5.60. The number of aromatic nitrogens is 2. The highest BCUT2D eigenvalue weighted by Gasteiger charge is 2.16. The summed E-state index contributed by atoms with van der Waals surface area (Å²) in [6, 6.07) is 4.56. The number of nitrogens with zero attached hydrogens (tertiary/aromatic N) is 2. The summed E-state index contributed by atoms with van der Waals surface area (Å²) in [7, 11) is 0. The number of Topliss-reactive ketones (excluding diaryl/α,β-unsaturated/α-hetero) is 1. The molecular formula is C16H20N2OS. The second-order valence-corrected chi connectivity index (χ2v) is 6.38. The number of ketones is 1. The van der Waals surface area contributed by atoms with Gasteiger partial charge in [0.1, 0.15) is 5.78 Å². The van der Waals surface area contributed by atoms with E-state index < -0.39 is 0 Å². The third kappa shape index (κ3) is 3.37. The first-order valence-corrected chi connectivity index (χ1v) is 8.32. The van der Waals surface area contributed by atoms with Crippen LogP contribution in [0, 0.1) is 0 Å². The quantitative estimate of drug-likeness (QED) is 0.838. The summed E-state index contributed by atoms with van der Waals surface area (Å²) < 4.78 is 2.08. The summed E-state index contributed by atoms with van der Waals surface area (Å²) in [5.41, 5.74) is 2.03. The number of hydrogen-bond donors (Lipinski definition) is 0. The van der Waals surface area contributed by atoms with Crippen LogP contribution in [0.4, 0.5) is 0 Å². The Balaban J connectivity index is 1.57. The summed E-state index contributed by atoms with van der Waals surface area (Å²) in [6.45, 7) is 0. The molecule has 1 aliphatic rings. The fourth-order valence-electron chi connectivity index (χ4n) is 2.91. The highest BCUT2D eigenvalue weighted by atomic mass is 32.1. The predicted octanol–water partition coefficient (Wildman–Crippen LogP) is 3.80. The molecule has 0 radical (unpaired) electrons. The number of carbonyl (C=O) groups excluding carboxylic acids is 1. The van der Waals surface area contributed by atoms with E-state index in [2.05, 4.69) is 9.78 Å². The molecule has 0 atom stereocenters. The zero-order valence-corrected chi connectivity index (χ0v) is 12.4. The molecule has 0 bridgehead atoms. The van der Waals surface area contributed by atoms with E-state index in [1.54, 1.807) is 11.3 Å². The van der Waals surface area contributed by atoms with Gasteiger partial charge in [0.2, 0.25) is 0 Å². The van der Waals surface area contributed by atoms with Gasteiger partial charge in [-0.3, -0.25) is 9.48 Å². The molecule has 1 saturated carbocycles. The summed E-state index contributed by atoms with van der Waals surface area (Å²) >= 11 is 1.64. The summed E-state index contributed by atoms with van der Waals surface area (Å²) in [5, 5.41) is 8.66. The largest absolute Gasteiger partial charge is 0.299 e. The van der Waals surface area contributed by atoms with Crippen LogP contribution >= 0.6 is 11.3 Å². The Bertz CT molecular complexity index is 553. The van der Waals surface area contributed by atoms with Crippen molar-refractivity contribution >= 4 is 17.1 Å². The Morgan fingerprint density at radius 2 is 2.10 bits per heavy atom. The van der Waals surface area contributed by atoms with E-state index in [0.29, 0.717) is 18.9 Å². The summed E-state index contributed by atoms with van der Waals surface area (Å²) in [6.07, 6.45) is 9.43. The number of carbonyl (C=O) groups is 1. The van der Waals surface area contributed by atoms with E-state index in [1.807, 2.05) is 29.1 Å². The smallest absolute Gasteiger partial charge is 0.143 e. The lowest BCUT2D eigenvalue weighted by molar-refractivity contribution is -0.117. The van der Waals surface area contributed by atoms with Crippen molar-refractivity contribution in [2.75, 3.05) is 0 Å². The van der Waals surface area contributed by atoms with Gasteiger partial charge in [0.05, 0.1) is 18.2 Å². The Morgan fingerprint density at radius 1 is 1.25 bits per heavy atom. The van der Waals surface area contributed by atoms with E-state index in [4.69, 9.17) is 0 Å². The van der Waals surface area contributed by atoms with Gasteiger partial charge in [-0.05, 0) is 41.3 Å². The molecule has 0 aliphatic heterocycles. The zero-order valence-electron chi connectivity index (χ0n) is 11.6. The topological polar surface area (TPSA) is 34.9 Å². The van der Waals surface area contributed by atoms with Gasteiger partial charge in [0.15, 0.2) is 0 Å². The van der Waals surface area contributed by atoms with Gasteiger partial charge in [-0.2, -0.15) is 16.4 Å². The minimum absolute atomic E-state index is 0.247. The van der Waals surface area contributed by atoms with E-state index in [0.717, 1.165) is 11.3 Å². The number of rotatable bonds is 5. The van der Waals surface area contributed by atoms with E-state index in [9.17, 15) is 4.79 Å². The Kier molecular flexibility index (Phi) is 4.31. The maximum atomic E-state index is 12.0. The molecule has 4 heteroatoms. The van der Waals surface area contributed by atoms with Crippen molar-refractivity contribution in [2.45, 2.75) is 51.0 Å². The number of hydrogen-bond acceptors (Lipinski definition) is 3. The zero-order chi connectivity index (χ0) is 13.8. The minimum atomic E-state index is 0.247. The van der Waals surface area contributed by atoms with Crippen LogP contribution in [-0.4, -0.2) is 15.6 Å². The molecule has 106 valence electrons. The average Bonchev–Trinajstić information content (AvgIpc) is 3.11. The molecule has 2 aromatic rings. The lowest BCUT2D eigenvalue weighted by atomic mass is 9.96. The van der Waals surface area contributed by atoms with Gasteiger partial charge in [0, 0.05) is 12.6 Å². The van der Waals surface area contributed by atoms with Gasteiger partial charge in [-0.1, -0.05) is 19.3 Å². The molecule has 3 rings (SSSR count). The van der Waals surface area contributed by atoms with Crippen molar-refractivity contribution in [2.24, 2.45) is 0 Å². The lowest BCUT2D eigenvalue weighted by Gasteiger charge is -2.21. The van der Waals surface area contributed by atoms with Crippen LogP contribution in [-0.2, 0) is 17.6 Å². The van der Waals surface area contributed by atoms with Crippen molar-refractivity contribution in [1.29, 1.82) is 0 Å². The minimum Gasteiger partial charge on any atom is -0.299 e. The first-order chi connectivity index (χ1) is 9.81. The fraction of sp³-hybridized carbons (Fsp3) is 0.500. The summed E-state index contributed by atoms with van der Waals surface area (Å²) in [5.74, 6) is 0.247. The summed E-state index contributed by atoms with van der Waals surface area (Å²) in [4.78, 5) is 12.0. The van der Waals surface area contributed by atoms with Crippen molar-refractivity contribution in [3.8, 4) is 0 Å². The molecule has 0 N–H and O–H groups in total. The van der Waals surface area contributed by atoms with E-state index in [-0.39, 0.29) is 5.78 Å².